The molecule has 0 atom stereocenters. The Morgan fingerprint density at radius 3 is 0.930 bits per heavy atom. The van der Waals surface area contributed by atoms with Gasteiger partial charge in [0, 0.05) is 6.42 Å². The Labute approximate surface area is 270 Å². The van der Waals surface area contributed by atoms with Crippen LogP contribution < -0.4 is 5.73 Å². The molecule has 2 N–H and O–H groups in total. The highest BCUT2D eigenvalue weighted by atomic mass is 16.2. The van der Waals surface area contributed by atoms with Gasteiger partial charge < -0.3 is 5.73 Å². The predicted octanol–water partition coefficient (Wildman–Crippen LogP) is 13.3. The molecule has 0 aliphatic carbocycles. The molecule has 0 fully saturated rings. The summed E-state index contributed by atoms with van der Waals surface area (Å²) in [5.74, 6) is -0.591. The van der Waals surface area contributed by atoms with Gasteiger partial charge in [0.25, 0.3) is 5.91 Å². The lowest BCUT2D eigenvalue weighted by Gasteiger charge is -2.05. The maximum absolute atomic E-state index is 12.6. The molecule has 3 heteroatoms. The van der Waals surface area contributed by atoms with Crippen LogP contribution in [0.15, 0.2) is 11.6 Å². The average molecular weight is 604 g/mol. The number of ketones is 1. The van der Waals surface area contributed by atoms with Gasteiger partial charge >= 0.3 is 0 Å². The van der Waals surface area contributed by atoms with Crippen molar-refractivity contribution in [2.24, 2.45) is 5.73 Å². The Kier molecular flexibility index (Phi) is 34.4. The third kappa shape index (κ3) is 32.1. The van der Waals surface area contributed by atoms with Gasteiger partial charge in [0.15, 0.2) is 5.78 Å². The summed E-state index contributed by atoms with van der Waals surface area (Å²) in [6, 6.07) is 0. The number of nitrogens with two attached hydrogens (primary N) is 1. The van der Waals surface area contributed by atoms with Crippen LogP contribution in [0.25, 0.3) is 0 Å². The summed E-state index contributed by atoms with van der Waals surface area (Å²) in [7, 11) is 0. The average Bonchev–Trinajstić information content (AvgIpc) is 3.00. The number of carbonyl (C=O) groups is 2. The zero-order valence-corrected chi connectivity index (χ0v) is 29.5. The van der Waals surface area contributed by atoms with E-state index in [2.05, 4.69) is 13.8 Å². The first kappa shape index (κ1) is 41.9. The molecule has 0 unspecified atom stereocenters. The maximum atomic E-state index is 12.6. The fourth-order valence-corrected chi connectivity index (χ4v) is 6.26. The third-order valence-electron chi connectivity index (χ3n) is 9.23. The van der Waals surface area contributed by atoms with Crippen LogP contribution in [0.4, 0.5) is 0 Å². The zero-order chi connectivity index (χ0) is 31.5. The SMILES string of the molecule is CCCCCCCCCCCCCCCCCCCC=C(C(N)=O)C(=O)CCCCCCCCCCCCCCCCC. The number of allylic oxidation sites excluding steroid dienone is 1. The molecule has 0 aromatic rings. The quantitative estimate of drug-likeness (QED) is 0.0335. The number of rotatable bonds is 36. The van der Waals surface area contributed by atoms with E-state index in [1.165, 1.54) is 186 Å². The number of primary amides is 1. The molecular weight excluding hydrogens is 526 g/mol. The number of hydrogen-bond donors (Lipinski definition) is 1. The fourth-order valence-electron chi connectivity index (χ4n) is 6.26. The van der Waals surface area contributed by atoms with E-state index >= 15 is 0 Å². The maximum Gasteiger partial charge on any atom is 0.251 e. The predicted molar refractivity (Wildman–Crippen MR) is 191 cm³/mol. The monoisotopic (exact) mass is 604 g/mol. The highest BCUT2D eigenvalue weighted by molar-refractivity contribution is 6.18. The molecule has 0 heterocycles. The summed E-state index contributed by atoms with van der Waals surface area (Å²) in [6.07, 6.45) is 45.8. The molecule has 0 spiro atoms. The van der Waals surface area contributed by atoms with Crippen molar-refractivity contribution >= 4 is 11.7 Å². The first-order valence-electron chi connectivity index (χ1n) is 19.7. The van der Waals surface area contributed by atoms with Crippen molar-refractivity contribution in [3.63, 3.8) is 0 Å². The van der Waals surface area contributed by atoms with Crippen molar-refractivity contribution in [2.75, 3.05) is 0 Å². The largest absolute Gasteiger partial charge is 0.365 e. The molecule has 0 saturated carbocycles. The minimum Gasteiger partial charge on any atom is -0.365 e. The second-order valence-corrected chi connectivity index (χ2v) is 13.6. The molecule has 0 aliphatic heterocycles. The molecule has 3 nitrogen and oxygen atoms in total. The molecule has 0 radical (unpaired) electrons. The van der Waals surface area contributed by atoms with Crippen LogP contribution in [0, 0.1) is 0 Å². The summed E-state index contributed by atoms with van der Waals surface area (Å²) in [6.45, 7) is 4.56. The summed E-state index contributed by atoms with van der Waals surface area (Å²) in [5.41, 5.74) is 5.79. The number of unbranched alkanes of at least 4 members (excludes halogenated alkanes) is 31. The molecule has 254 valence electrons. The molecule has 0 aromatic heterocycles. The summed E-state index contributed by atoms with van der Waals surface area (Å²) < 4.78 is 0. The van der Waals surface area contributed by atoms with Crippen molar-refractivity contribution in [3.05, 3.63) is 11.6 Å². The van der Waals surface area contributed by atoms with Crippen LogP contribution in [0.5, 0.6) is 0 Å². The van der Waals surface area contributed by atoms with Crippen LogP contribution in [-0.2, 0) is 9.59 Å². The summed E-state index contributed by atoms with van der Waals surface area (Å²) in [4.78, 5) is 24.4. The van der Waals surface area contributed by atoms with Crippen LogP contribution in [0.1, 0.15) is 232 Å². The third-order valence-corrected chi connectivity index (χ3v) is 9.23. The van der Waals surface area contributed by atoms with E-state index in [0.29, 0.717) is 6.42 Å². The minimum atomic E-state index is -0.544. The van der Waals surface area contributed by atoms with E-state index in [-0.39, 0.29) is 11.4 Å². The molecule has 1 amide bonds. The van der Waals surface area contributed by atoms with E-state index in [4.69, 9.17) is 5.73 Å². The molecule has 0 aliphatic rings. The van der Waals surface area contributed by atoms with E-state index in [0.717, 1.165) is 25.7 Å². The molecule has 0 bridgehead atoms. The van der Waals surface area contributed by atoms with Crippen molar-refractivity contribution < 1.29 is 9.59 Å². The number of amides is 1. The van der Waals surface area contributed by atoms with Crippen molar-refractivity contribution in [2.45, 2.75) is 232 Å². The highest BCUT2D eigenvalue weighted by Gasteiger charge is 2.14. The highest BCUT2D eigenvalue weighted by Crippen LogP contribution is 2.17. The van der Waals surface area contributed by atoms with Gasteiger partial charge in [-0.25, -0.2) is 0 Å². The van der Waals surface area contributed by atoms with Crippen molar-refractivity contribution in [3.8, 4) is 0 Å². The second-order valence-electron chi connectivity index (χ2n) is 13.6. The van der Waals surface area contributed by atoms with Crippen LogP contribution >= 0.6 is 0 Å². The Bertz CT molecular complexity index is 626. The Hall–Kier alpha value is -1.12. The fraction of sp³-hybridized carbons (Fsp3) is 0.900. The van der Waals surface area contributed by atoms with E-state index in [1.807, 2.05) is 6.08 Å². The van der Waals surface area contributed by atoms with Gasteiger partial charge in [-0.3, -0.25) is 9.59 Å². The molecule has 43 heavy (non-hydrogen) atoms. The van der Waals surface area contributed by atoms with Gasteiger partial charge in [-0.1, -0.05) is 213 Å². The van der Waals surface area contributed by atoms with Crippen LogP contribution in [-0.4, -0.2) is 11.7 Å². The van der Waals surface area contributed by atoms with Gasteiger partial charge in [0.05, 0.1) is 5.57 Å². The molecule has 0 aromatic carbocycles. The van der Waals surface area contributed by atoms with E-state index in [9.17, 15) is 9.59 Å². The molecule has 0 rings (SSSR count). The van der Waals surface area contributed by atoms with E-state index < -0.39 is 5.91 Å². The van der Waals surface area contributed by atoms with Gasteiger partial charge in [-0.15, -0.1) is 0 Å². The van der Waals surface area contributed by atoms with Crippen molar-refractivity contribution in [1.82, 2.24) is 0 Å². The number of Topliss-reactive ketones (excluding diaryl/α,β-unsaturated/α-hetero) is 1. The lowest BCUT2D eigenvalue weighted by Crippen LogP contribution is -2.20. The zero-order valence-electron chi connectivity index (χ0n) is 29.5. The molecule has 0 saturated heterocycles. The molecular formula is C40H77NO2. The Morgan fingerprint density at radius 2 is 0.651 bits per heavy atom. The standard InChI is InChI=1S/C40H77NO2/c1-3-5-7-9-11-13-15-17-19-20-21-23-24-26-28-30-32-34-36-38(40(41)43)39(42)37-35-33-31-29-27-25-22-18-16-14-12-10-8-6-4-2/h36H,3-35,37H2,1-2H3,(H2,41,43). The van der Waals surface area contributed by atoms with Crippen LogP contribution in [0.3, 0.4) is 0 Å². The summed E-state index contributed by atoms with van der Waals surface area (Å²) >= 11 is 0. The lowest BCUT2D eigenvalue weighted by molar-refractivity contribution is -0.121. The van der Waals surface area contributed by atoms with E-state index in [1.54, 1.807) is 0 Å². The summed E-state index contributed by atoms with van der Waals surface area (Å²) in [5, 5.41) is 0. The Morgan fingerprint density at radius 1 is 0.395 bits per heavy atom. The first-order chi connectivity index (χ1) is 21.1. The number of hydrogen-bond acceptors (Lipinski definition) is 2. The van der Waals surface area contributed by atoms with Crippen molar-refractivity contribution in [1.29, 1.82) is 0 Å². The van der Waals surface area contributed by atoms with Crippen LogP contribution in [0.2, 0.25) is 0 Å². The Balaban J connectivity index is 3.57. The van der Waals surface area contributed by atoms with Gasteiger partial charge in [-0.2, -0.15) is 0 Å². The normalized spacial score (nSPS) is 11.8. The lowest BCUT2D eigenvalue weighted by atomic mass is 10.0. The second kappa shape index (κ2) is 35.4. The minimum absolute atomic E-state index is 0.0471. The van der Waals surface area contributed by atoms with Gasteiger partial charge in [-0.05, 0) is 19.3 Å². The first-order valence-corrected chi connectivity index (χ1v) is 19.7. The smallest absolute Gasteiger partial charge is 0.251 e. The number of carbonyl (C=O) groups excluding carboxylic acids is 2. The van der Waals surface area contributed by atoms with Gasteiger partial charge in [0.1, 0.15) is 0 Å². The topological polar surface area (TPSA) is 60.2 Å². The van der Waals surface area contributed by atoms with Gasteiger partial charge in [0.2, 0.25) is 0 Å².